The minimum atomic E-state index is -0.180. The van der Waals surface area contributed by atoms with Gasteiger partial charge in [-0.25, -0.2) is 0 Å². The molecule has 1 saturated carbocycles. The van der Waals surface area contributed by atoms with Crippen LogP contribution in [0.3, 0.4) is 0 Å². The Hall–Kier alpha value is -7.94. The molecule has 0 saturated heterocycles. The molecule has 1 aromatic heterocycles. The molecule has 69 heavy (non-hydrogen) atoms. The molecule has 10 aromatic carbocycles. The lowest BCUT2D eigenvalue weighted by atomic mass is 9.82. The van der Waals surface area contributed by atoms with Gasteiger partial charge in [0.05, 0.1) is 22.4 Å². The van der Waals surface area contributed by atoms with Crippen LogP contribution in [0.5, 0.6) is 0 Å². The summed E-state index contributed by atoms with van der Waals surface area (Å²) in [5, 5.41) is 4.89. The zero-order valence-electron chi connectivity index (χ0n) is 39.4. The third-order valence-electron chi connectivity index (χ3n) is 15.6. The maximum Gasteiger partial charge on any atom is 0.0618 e. The van der Waals surface area contributed by atoms with E-state index in [9.17, 15) is 0 Å². The van der Waals surface area contributed by atoms with Crippen molar-refractivity contribution in [1.29, 1.82) is 0 Å². The molecule has 2 aliphatic carbocycles. The van der Waals surface area contributed by atoms with Crippen molar-refractivity contribution in [3.05, 3.63) is 241 Å². The minimum Gasteiger partial charge on any atom is -0.309 e. The molecule has 0 bridgehead atoms. The fraction of sp³-hybridized carbons (Fsp3) is 0.134. The standard InChI is InChI=1S/C67H54N2/c1-67(2)61-28-16-14-26-56(61)57-40-37-53(44-62(57)67)69(64-41-36-50(42-60(64)48-20-8-4-9-21-48)47-32-30-46(31-33-47)45-18-6-3-7-19-45)66-54-25-13-12-22-49(54)34-38-55(66)51-35-39-59-58-27-15-17-29-63(58)68(65(59)43-51)52-23-10-5-11-24-52/h4-5,8-17,20-45H,3,6-7,18-19H2,1-2H3. The van der Waals surface area contributed by atoms with Crippen LogP contribution in [-0.4, -0.2) is 4.57 Å². The van der Waals surface area contributed by atoms with E-state index in [-0.39, 0.29) is 5.41 Å². The van der Waals surface area contributed by atoms with Gasteiger partial charge in [-0.05, 0) is 123 Å². The first-order chi connectivity index (χ1) is 34.0. The van der Waals surface area contributed by atoms with Gasteiger partial charge in [0.15, 0.2) is 0 Å². The number of anilines is 3. The molecule has 0 amide bonds. The van der Waals surface area contributed by atoms with E-state index in [1.165, 1.54) is 120 Å². The van der Waals surface area contributed by atoms with Crippen molar-refractivity contribution >= 4 is 49.6 Å². The zero-order chi connectivity index (χ0) is 46.1. The van der Waals surface area contributed by atoms with Crippen LogP contribution in [0.4, 0.5) is 17.1 Å². The summed E-state index contributed by atoms with van der Waals surface area (Å²) in [5.74, 6) is 0.672. The summed E-state index contributed by atoms with van der Waals surface area (Å²) in [5.41, 5.74) is 20.8. The van der Waals surface area contributed by atoms with Crippen molar-refractivity contribution in [1.82, 2.24) is 4.57 Å². The van der Waals surface area contributed by atoms with Crippen molar-refractivity contribution in [3.8, 4) is 50.2 Å². The van der Waals surface area contributed by atoms with Crippen molar-refractivity contribution in [2.75, 3.05) is 4.90 Å². The Morgan fingerprint density at radius 2 is 1.07 bits per heavy atom. The first-order valence-electron chi connectivity index (χ1n) is 24.9. The van der Waals surface area contributed by atoms with Gasteiger partial charge in [0.2, 0.25) is 0 Å². The van der Waals surface area contributed by atoms with E-state index in [4.69, 9.17) is 0 Å². The van der Waals surface area contributed by atoms with Gasteiger partial charge < -0.3 is 9.47 Å². The molecule has 332 valence electrons. The van der Waals surface area contributed by atoms with Gasteiger partial charge in [0.1, 0.15) is 0 Å². The van der Waals surface area contributed by atoms with Crippen LogP contribution in [0.1, 0.15) is 68.6 Å². The molecule has 1 fully saturated rings. The second kappa shape index (κ2) is 16.7. The Labute approximate surface area is 405 Å². The number of rotatable bonds is 8. The smallest absolute Gasteiger partial charge is 0.0618 e. The molecular formula is C67H54N2. The van der Waals surface area contributed by atoms with Gasteiger partial charge in [-0.3, -0.25) is 0 Å². The first kappa shape index (κ1) is 41.3. The quantitative estimate of drug-likeness (QED) is 0.148. The van der Waals surface area contributed by atoms with Crippen molar-refractivity contribution in [3.63, 3.8) is 0 Å². The summed E-state index contributed by atoms with van der Waals surface area (Å²) in [6.07, 6.45) is 6.64. The fourth-order valence-electron chi connectivity index (χ4n) is 12.1. The average Bonchev–Trinajstić information content (AvgIpc) is 3.87. The fourth-order valence-corrected chi connectivity index (χ4v) is 12.1. The van der Waals surface area contributed by atoms with Crippen LogP contribution in [0, 0.1) is 0 Å². The van der Waals surface area contributed by atoms with Crippen LogP contribution < -0.4 is 4.90 Å². The zero-order valence-corrected chi connectivity index (χ0v) is 39.4. The Balaban J connectivity index is 1.07. The normalized spacial score (nSPS) is 14.3. The van der Waals surface area contributed by atoms with Crippen LogP contribution in [-0.2, 0) is 5.41 Å². The number of hydrogen-bond acceptors (Lipinski definition) is 1. The number of aromatic nitrogens is 1. The summed E-state index contributed by atoms with van der Waals surface area (Å²) >= 11 is 0. The molecule has 0 atom stereocenters. The van der Waals surface area contributed by atoms with Gasteiger partial charge >= 0.3 is 0 Å². The predicted molar refractivity (Wildman–Crippen MR) is 293 cm³/mol. The number of para-hydroxylation sites is 2. The number of nitrogens with zero attached hydrogens (tertiary/aromatic N) is 2. The highest BCUT2D eigenvalue weighted by molar-refractivity contribution is 6.12. The van der Waals surface area contributed by atoms with Crippen molar-refractivity contribution in [2.24, 2.45) is 0 Å². The van der Waals surface area contributed by atoms with Crippen molar-refractivity contribution in [2.45, 2.75) is 57.3 Å². The molecule has 1 heterocycles. The number of hydrogen-bond donors (Lipinski definition) is 0. The molecular weight excluding hydrogens is 833 g/mol. The first-order valence-corrected chi connectivity index (χ1v) is 24.9. The Morgan fingerprint density at radius 3 is 1.90 bits per heavy atom. The van der Waals surface area contributed by atoms with E-state index < -0.39 is 0 Å². The molecule has 2 aliphatic rings. The Kier molecular flexibility index (Phi) is 9.98. The van der Waals surface area contributed by atoms with E-state index in [0.717, 1.165) is 28.3 Å². The van der Waals surface area contributed by atoms with Gasteiger partial charge in [0, 0.05) is 44.1 Å². The molecule has 11 aromatic rings. The summed E-state index contributed by atoms with van der Waals surface area (Å²) in [7, 11) is 0. The lowest BCUT2D eigenvalue weighted by Gasteiger charge is -2.32. The van der Waals surface area contributed by atoms with E-state index >= 15 is 0 Å². The number of benzene rings is 10. The third kappa shape index (κ3) is 6.92. The van der Waals surface area contributed by atoms with Gasteiger partial charge in [-0.15, -0.1) is 0 Å². The summed E-state index contributed by atoms with van der Waals surface area (Å²) in [6.45, 7) is 4.78. The largest absolute Gasteiger partial charge is 0.309 e. The molecule has 0 unspecified atom stereocenters. The third-order valence-corrected chi connectivity index (χ3v) is 15.6. The topological polar surface area (TPSA) is 8.17 Å². The molecule has 0 spiro atoms. The highest BCUT2D eigenvalue weighted by Gasteiger charge is 2.36. The lowest BCUT2D eigenvalue weighted by Crippen LogP contribution is -2.17. The molecule has 13 rings (SSSR count). The highest BCUT2D eigenvalue weighted by atomic mass is 15.1. The second-order valence-electron chi connectivity index (χ2n) is 19.9. The molecule has 2 nitrogen and oxygen atoms in total. The summed E-state index contributed by atoms with van der Waals surface area (Å²) < 4.78 is 2.43. The maximum absolute atomic E-state index is 2.59. The van der Waals surface area contributed by atoms with E-state index in [1.54, 1.807) is 0 Å². The lowest BCUT2D eigenvalue weighted by molar-refractivity contribution is 0.443. The van der Waals surface area contributed by atoms with Crippen LogP contribution in [0.2, 0.25) is 0 Å². The molecule has 2 heteroatoms. The summed E-state index contributed by atoms with van der Waals surface area (Å²) in [4.78, 5) is 2.59. The molecule has 0 aliphatic heterocycles. The SMILES string of the molecule is CC1(C)c2ccccc2-c2ccc(N(c3ccc(-c4ccc(C5CCCCC5)cc4)cc3-c3ccccc3)c3c(-c4ccc5c6ccccc6n(-c6ccccc6)c5c4)ccc4ccccc34)cc21. The van der Waals surface area contributed by atoms with E-state index in [2.05, 4.69) is 248 Å². The van der Waals surface area contributed by atoms with Crippen LogP contribution >= 0.6 is 0 Å². The Morgan fingerprint density at radius 1 is 0.420 bits per heavy atom. The molecule has 0 radical (unpaired) electrons. The van der Waals surface area contributed by atoms with Gasteiger partial charge in [0.25, 0.3) is 0 Å². The number of fused-ring (bicyclic) bond motifs is 7. The predicted octanol–water partition coefficient (Wildman–Crippen LogP) is 18.8. The average molecular weight is 887 g/mol. The van der Waals surface area contributed by atoms with Gasteiger partial charge in [-0.1, -0.05) is 209 Å². The highest BCUT2D eigenvalue weighted by Crippen LogP contribution is 2.54. The van der Waals surface area contributed by atoms with Crippen LogP contribution in [0.25, 0.3) is 82.8 Å². The van der Waals surface area contributed by atoms with E-state index in [0.29, 0.717) is 5.92 Å². The minimum absolute atomic E-state index is 0.180. The second-order valence-corrected chi connectivity index (χ2v) is 19.9. The van der Waals surface area contributed by atoms with E-state index in [1.807, 2.05) is 0 Å². The maximum atomic E-state index is 2.59. The van der Waals surface area contributed by atoms with Gasteiger partial charge in [-0.2, -0.15) is 0 Å². The Bertz CT molecular complexity index is 3720. The van der Waals surface area contributed by atoms with Crippen molar-refractivity contribution < 1.29 is 0 Å². The molecule has 0 N–H and O–H groups in total. The van der Waals surface area contributed by atoms with Crippen LogP contribution in [0.15, 0.2) is 224 Å². The summed E-state index contributed by atoms with van der Waals surface area (Å²) in [6, 6.07) is 84.3. The monoisotopic (exact) mass is 886 g/mol.